The second-order valence-electron chi connectivity index (χ2n) is 5.60. The van der Waals surface area contributed by atoms with Crippen LogP contribution in [0.25, 0.3) is 0 Å². The molecule has 1 aromatic carbocycles. The van der Waals surface area contributed by atoms with Gasteiger partial charge in [0.2, 0.25) is 5.91 Å². The molecule has 1 fully saturated rings. The molecule has 0 heterocycles. The van der Waals surface area contributed by atoms with Gasteiger partial charge >= 0.3 is 0 Å². The lowest BCUT2D eigenvalue weighted by Crippen LogP contribution is -2.51. The minimum Gasteiger partial charge on any atom is -0.385 e. The maximum absolute atomic E-state index is 12.6. The van der Waals surface area contributed by atoms with Crippen molar-refractivity contribution in [2.75, 3.05) is 13.7 Å². The van der Waals surface area contributed by atoms with Gasteiger partial charge < -0.3 is 10.1 Å². The average molecular weight is 340 g/mol. The number of amides is 1. The Kier molecular flexibility index (Phi) is 5.22. The minimum atomic E-state index is -0.317. The fraction of sp³-hybridized carbons (Fsp3) is 0.562. The van der Waals surface area contributed by atoms with E-state index in [9.17, 15) is 4.79 Å². The van der Waals surface area contributed by atoms with Crippen LogP contribution in [0.1, 0.15) is 38.2 Å². The van der Waals surface area contributed by atoms with E-state index in [-0.39, 0.29) is 17.4 Å². The Morgan fingerprint density at radius 3 is 2.55 bits per heavy atom. The molecule has 0 radical (unpaired) electrons. The maximum atomic E-state index is 12.6. The largest absolute Gasteiger partial charge is 0.385 e. The van der Waals surface area contributed by atoms with Crippen LogP contribution in [-0.2, 0) is 14.9 Å². The molecule has 0 spiro atoms. The van der Waals surface area contributed by atoms with Gasteiger partial charge in [-0.25, -0.2) is 0 Å². The van der Waals surface area contributed by atoms with Crippen LogP contribution in [-0.4, -0.2) is 25.7 Å². The quantitative estimate of drug-likeness (QED) is 0.862. The normalized spacial score (nSPS) is 18.1. The number of rotatable bonds is 6. The molecule has 1 unspecified atom stereocenters. The van der Waals surface area contributed by atoms with E-state index in [1.807, 2.05) is 19.1 Å². The van der Waals surface area contributed by atoms with Crippen molar-refractivity contribution in [2.45, 2.75) is 44.1 Å². The van der Waals surface area contributed by atoms with E-state index in [0.717, 1.165) is 35.7 Å². The highest BCUT2D eigenvalue weighted by Gasteiger charge is 2.45. The van der Waals surface area contributed by atoms with Crippen molar-refractivity contribution in [3.05, 3.63) is 34.3 Å². The van der Waals surface area contributed by atoms with Gasteiger partial charge in [-0.05, 0) is 43.9 Å². The molecule has 110 valence electrons. The Balaban J connectivity index is 2.07. The first-order valence-electron chi connectivity index (χ1n) is 7.14. The summed E-state index contributed by atoms with van der Waals surface area (Å²) in [6.45, 7) is 2.71. The van der Waals surface area contributed by atoms with Crippen molar-refractivity contribution in [3.8, 4) is 0 Å². The van der Waals surface area contributed by atoms with Gasteiger partial charge in [0.15, 0.2) is 0 Å². The Labute approximate surface area is 129 Å². The number of carbonyl (C=O) groups excluding carboxylic acids is 1. The van der Waals surface area contributed by atoms with E-state index in [0.29, 0.717) is 6.61 Å². The van der Waals surface area contributed by atoms with E-state index < -0.39 is 0 Å². The van der Waals surface area contributed by atoms with E-state index in [1.54, 1.807) is 7.11 Å². The Morgan fingerprint density at radius 1 is 1.40 bits per heavy atom. The van der Waals surface area contributed by atoms with Gasteiger partial charge in [-0.2, -0.15) is 0 Å². The van der Waals surface area contributed by atoms with Crippen LogP contribution < -0.4 is 5.32 Å². The summed E-state index contributed by atoms with van der Waals surface area (Å²) in [5, 5.41) is 3.14. The third-order valence-electron chi connectivity index (χ3n) is 4.17. The van der Waals surface area contributed by atoms with Crippen molar-refractivity contribution in [1.29, 1.82) is 0 Å². The average Bonchev–Trinajstić information content (AvgIpc) is 2.37. The lowest BCUT2D eigenvalue weighted by molar-refractivity contribution is -0.130. The zero-order valence-electron chi connectivity index (χ0n) is 12.1. The highest BCUT2D eigenvalue weighted by molar-refractivity contribution is 9.10. The predicted molar refractivity (Wildman–Crippen MR) is 83.8 cm³/mol. The zero-order chi connectivity index (χ0) is 14.6. The SMILES string of the molecule is COCCC(C)NC(=O)C1(c2ccc(Br)cc2)CCC1. The first kappa shape index (κ1) is 15.5. The highest BCUT2D eigenvalue weighted by atomic mass is 79.9. The zero-order valence-corrected chi connectivity index (χ0v) is 13.7. The molecule has 1 atom stereocenters. The summed E-state index contributed by atoms with van der Waals surface area (Å²) >= 11 is 3.44. The lowest BCUT2D eigenvalue weighted by atomic mass is 9.63. The summed E-state index contributed by atoms with van der Waals surface area (Å²) in [5.74, 6) is 0.162. The summed E-state index contributed by atoms with van der Waals surface area (Å²) in [6.07, 6.45) is 3.85. The second kappa shape index (κ2) is 6.72. The highest BCUT2D eigenvalue weighted by Crippen LogP contribution is 2.44. The van der Waals surface area contributed by atoms with Crippen LogP contribution in [0.15, 0.2) is 28.7 Å². The van der Waals surface area contributed by atoms with Crippen LogP contribution >= 0.6 is 15.9 Å². The molecule has 20 heavy (non-hydrogen) atoms. The van der Waals surface area contributed by atoms with E-state index >= 15 is 0 Å². The number of nitrogens with one attached hydrogen (secondary N) is 1. The fourth-order valence-electron chi connectivity index (χ4n) is 2.67. The van der Waals surface area contributed by atoms with Gasteiger partial charge in [0, 0.05) is 24.2 Å². The predicted octanol–water partition coefficient (Wildman–Crippen LogP) is 3.41. The Hall–Kier alpha value is -0.870. The smallest absolute Gasteiger partial charge is 0.230 e. The van der Waals surface area contributed by atoms with Gasteiger partial charge in [0.25, 0.3) is 0 Å². The van der Waals surface area contributed by atoms with E-state index in [1.165, 1.54) is 0 Å². The molecule has 1 aliphatic rings. The van der Waals surface area contributed by atoms with Crippen LogP contribution in [0.2, 0.25) is 0 Å². The summed E-state index contributed by atoms with van der Waals surface area (Å²) < 4.78 is 6.11. The number of methoxy groups -OCH3 is 1. The van der Waals surface area contributed by atoms with Gasteiger partial charge in [-0.1, -0.05) is 34.5 Å². The van der Waals surface area contributed by atoms with Gasteiger partial charge in [0.05, 0.1) is 5.41 Å². The summed E-state index contributed by atoms with van der Waals surface area (Å²) in [6, 6.07) is 8.29. The van der Waals surface area contributed by atoms with Gasteiger partial charge in [-0.3, -0.25) is 4.79 Å². The molecule has 1 saturated carbocycles. The van der Waals surface area contributed by atoms with Crippen molar-refractivity contribution in [3.63, 3.8) is 0 Å². The standard InChI is InChI=1S/C16H22BrNO2/c1-12(8-11-20-2)18-15(19)16(9-3-10-16)13-4-6-14(17)7-5-13/h4-7,12H,3,8-11H2,1-2H3,(H,18,19). The third kappa shape index (κ3) is 3.23. The molecule has 1 amide bonds. The van der Waals surface area contributed by atoms with Crippen LogP contribution in [0.4, 0.5) is 0 Å². The number of benzene rings is 1. The maximum Gasteiger partial charge on any atom is 0.230 e. The first-order valence-corrected chi connectivity index (χ1v) is 7.94. The summed E-state index contributed by atoms with van der Waals surface area (Å²) in [7, 11) is 1.68. The van der Waals surface area contributed by atoms with Crippen LogP contribution in [0.5, 0.6) is 0 Å². The molecule has 0 aromatic heterocycles. The third-order valence-corrected chi connectivity index (χ3v) is 4.70. The molecule has 2 rings (SSSR count). The first-order chi connectivity index (χ1) is 9.58. The number of hydrogen-bond donors (Lipinski definition) is 1. The lowest BCUT2D eigenvalue weighted by Gasteiger charge is -2.41. The van der Waals surface area contributed by atoms with Gasteiger partial charge in [-0.15, -0.1) is 0 Å². The molecule has 4 heteroatoms. The minimum absolute atomic E-state index is 0.148. The molecular weight excluding hydrogens is 318 g/mol. The number of carbonyl (C=O) groups is 1. The van der Waals surface area contributed by atoms with Crippen LogP contribution in [0, 0.1) is 0 Å². The molecule has 1 aliphatic carbocycles. The summed E-state index contributed by atoms with van der Waals surface area (Å²) in [4.78, 5) is 12.6. The van der Waals surface area contributed by atoms with Crippen LogP contribution in [0.3, 0.4) is 0 Å². The molecule has 1 N–H and O–H groups in total. The van der Waals surface area contributed by atoms with Crippen molar-refractivity contribution in [1.82, 2.24) is 5.32 Å². The molecule has 0 aliphatic heterocycles. The summed E-state index contributed by atoms with van der Waals surface area (Å²) in [5.41, 5.74) is 0.811. The van der Waals surface area contributed by atoms with E-state index in [2.05, 4.69) is 33.4 Å². The van der Waals surface area contributed by atoms with Crippen molar-refractivity contribution >= 4 is 21.8 Å². The van der Waals surface area contributed by atoms with Crippen molar-refractivity contribution < 1.29 is 9.53 Å². The molecule has 0 saturated heterocycles. The molecular formula is C16H22BrNO2. The topological polar surface area (TPSA) is 38.3 Å². The molecule has 3 nitrogen and oxygen atoms in total. The Morgan fingerprint density at radius 2 is 2.05 bits per heavy atom. The number of hydrogen-bond acceptors (Lipinski definition) is 2. The Bertz CT molecular complexity index is 454. The number of halogens is 1. The van der Waals surface area contributed by atoms with E-state index in [4.69, 9.17) is 4.74 Å². The fourth-order valence-corrected chi connectivity index (χ4v) is 2.94. The van der Waals surface area contributed by atoms with Gasteiger partial charge in [0.1, 0.15) is 0 Å². The number of ether oxygens (including phenoxy) is 1. The monoisotopic (exact) mass is 339 g/mol. The molecule has 1 aromatic rings. The second-order valence-corrected chi connectivity index (χ2v) is 6.51. The molecule has 0 bridgehead atoms. The van der Waals surface area contributed by atoms with Crippen molar-refractivity contribution in [2.24, 2.45) is 0 Å².